The Hall–Kier alpha value is -1.81. The summed E-state index contributed by atoms with van der Waals surface area (Å²) in [4.78, 5) is 0. The van der Waals surface area contributed by atoms with Gasteiger partial charge in [-0.05, 0) is 50.6 Å². The van der Waals surface area contributed by atoms with E-state index in [2.05, 4.69) is 18.9 Å². The number of aliphatic hydroxyl groups excluding tert-OH is 1. The molecule has 4 heteroatoms. The van der Waals surface area contributed by atoms with Crippen molar-refractivity contribution in [3.8, 4) is 17.0 Å². The van der Waals surface area contributed by atoms with Crippen LogP contribution in [0.5, 0.6) is 5.75 Å². The molecular formula is C15H20N2O2. The molecule has 19 heavy (non-hydrogen) atoms. The predicted molar refractivity (Wildman–Crippen MR) is 75.1 cm³/mol. The zero-order valence-corrected chi connectivity index (χ0v) is 11.6. The van der Waals surface area contributed by atoms with Crippen LogP contribution in [0.25, 0.3) is 11.3 Å². The number of benzene rings is 1. The molecule has 1 heterocycles. The summed E-state index contributed by atoms with van der Waals surface area (Å²) in [6.45, 7) is 6.72. The number of aliphatic hydroxyl groups is 1. The lowest BCUT2D eigenvalue weighted by Crippen LogP contribution is -2.06. The van der Waals surface area contributed by atoms with E-state index in [0.717, 1.165) is 22.6 Å². The van der Waals surface area contributed by atoms with Gasteiger partial charge < -0.3 is 9.84 Å². The van der Waals surface area contributed by atoms with Crippen LogP contribution in [0, 0.1) is 0 Å². The number of rotatable bonds is 5. The van der Waals surface area contributed by atoms with Crippen molar-refractivity contribution in [2.45, 2.75) is 33.4 Å². The first kappa shape index (κ1) is 13.6. The first-order valence-corrected chi connectivity index (χ1v) is 6.57. The Morgan fingerprint density at radius 3 is 2.74 bits per heavy atom. The number of hydrogen-bond acceptors (Lipinski definition) is 3. The van der Waals surface area contributed by atoms with Crippen molar-refractivity contribution in [1.29, 1.82) is 0 Å². The van der Waals surface area contributed by atoms with Crippen LogP contribution in [-0.4, -0.2) is 21.5 Å². The fourth-order valence-corrected chi connectivity index (χ4v) is 2.15. The van der Waals surface area contributed by atoms with Crippen molar-refractivity contribution in [3.63, 3.8) is 0 Å². The minimum atomic E-state index is -0.0144. The van der Waals surface area contributed by atoms with Gasteiger partial charge in [-0.15, -0.1) is 0 Å². The second-order valence-corrected chi connectivity index (χ2v) is 4.66. The molecule has 1 aromatic heterocycles. The van der Waals surface area contributed by atoms with Crippen molar-refractivity contribution in [1.82, 2.24) is 9.78 Å². The molecule has 0 bridgehead atoms. The Morgan fingerprint density at radius 1 is 1.32 bits per heavy atom. The molecule has 1 N–H and O–H groups in total. The quantitative estimate of drug-likeness (QED) is 0.899. The van der Waals surface area contributed by atoms with E-state index in [-0.39, 0.29) is 12.6 Å². The Balaban J connectivity index is 2.46. The van der Waals surface area contributed by atoms with Crippen LogP contribution < -0.4 is 4.74 Å². The fraction of sp³-hybridized carbons (Fsp3) is 0.400. The molecule has 0 fully saturated rings. The molecule has 0 atom stereocenters. The van der Waals surface area contributed by atoms with Crippen molar-refractivity contribution >= 4 is 0 Å². The first-order valence-electron chi connectivity index (χ1n) is 6.57. The third kappa shape index (κ3) is 2.79. The molecule has 0 spiro atoms. The summed E-state index contributed by atoms with van der Waals surface area (Å²) in [5, 5.41) is 13.9. The molecule has 0 aliphatic carbocycles. The average Bonchev–Trinajstić information content (AvgIpc) is 2.88. The van der Waals surface area contributed by atoms with Gasteiger partial charge in [0.05, 0.1) is 18.9 Å². The number of hydrogen-bond donors (Lipinski definition) is 1. The maximum absolute atomic E-state index is 9.55. The van der Waals surface area contributed by atoms with Crippen molar-refractivity contribution in [2.75, 3.05) is 6.61 Å². The van der Waals surface area contributed by atoms with Gasteiger partial charge in [0, 0.05) is 17.8 Å². The highest BCUT2D eigenvalue weighted by molar-refractivity contribution is 5.65. The predicted octanol–water partition coefficient (Wildman–Crippen LogP) is 3.02. The summed E-state index contributed by atoms with van der Waals surface area (Å²) in [6.07, 6.45) is 1.78. The molecule has 0 saturated heterocycles. The molecule has 0 unspecified atom stereocenters. The second kappa shape index (κ2) is 5.89. The van der Waals surface area contributed by atoms with E-state index < -0.39 is 0 Å². The van der Waals surface area contributed by atoms with E-state index in [1.165, 1.54) is 0 Å². The lowest BCUT2D eigenvalue weighted by Gasteiger charge is -2.14. The van der Waals surface area contributed by atoms with E-state index in [0.29, 0.717) is 6.61 Å². The van der Waals surface area contributed by atoms with Gasteiger partial charge in [-0.3, -0.25) is 4.68 Å². The highest BCUT2D eigenvalue weighted by atomic mass is 16.5. The minimum Gasteiger partial charge on any atom is -0.494 e. The van der Waals surface area contributed by atoms with Gasteiger partial charge >= 0.3 is 0 Å². The minimum absolute atomic E-state index is 0.0144. The number of aromatic nitrogens is 2. The fourth-order valence-electron chi connectivity index (χ4n) is 2.15. The van der Waals surface area contributed by atoms with E-state index in [4.69, 9.17) is 4.74 Å². The largest absolute Gasteiger partial charge is 0.494 e. The van der Waals surface area contributed by atoms with Crippen LogP contribution in [-0.2, 0) is 6.61 Å². The maximum Gasteiger partial charge on any atom is 0.119 e. The van der Waals surface area contributed by atoms with Crippen molar-refractivity contribution < 1.29 is 9.84 Å². The molecule has 0 amide bonds. The smallest absolute Gasteiger partial charge is 0.119 e. The van der Waals surface area contributed by atoms with E-state index in [1.807, 2.05) is 35.9 Å². The second-order valence-electron chi connectivity index (χ2n) is 4.66. The Bertz CT molecular complexity index is 547. The molecule has 4 nitrogen and oxygen atoms in total. The molecule has 0 radical (unpaired) electrons. The highest BCUT2D eigenvalue weighted by Crippen LogP contribution is 2.29. The molecule has 2 rings (SSSR count). The van der Waals surface area contributed by atoms with Crippen molar-refractivity contribution in [2.24, 2.45) is 0 Å². The van der Waals surface area contributed by atoms with E-state index in [9.17, 15) is 5.11 Å². The summed E-state index contributed by atoms with van der Waals surface area (Å²) in [7, 11) is 0. The lowest BCUT2D eigenvalue weighted by atomic mass is 10.0. The third-order valence-corrected chi connectivity index (χ3v) is 2.99. The van der Waals surface area contributed by atoms with Gasteiger partial charge in [0.2, 0.25) is 0 Å². The number of nitrogens with zero attached hydrogens (tertiary/aromatic N) is 2. The molecule has 0 saturated carbocycles. The van der Waals surface area contributed by atoms with Crippen LogP contribution in [0.1, 0.15) is 32.4 Å². The Kier molecular flexibility index (Phi) is 4.22. The molecule has 102 valence electrons. The molecule has 1 aromatic carbocycles. The van der Waals surface area contributed by atoms with Crippen LogP contribution in [0.2, 0.25) is 0 Å². The molecule has 0 aliphatic heterocycles. The Labute approximate surface area is 113 Å². The summed E-state index contributed by atoms with van der Waals surface area (Å²) in [5.74, 6) is 0.783. The Morgan fingerprint density at radius 2 is 2.11 bits per heavy atom. The van der Waals surface area contributed by atoms with Gasteiger partial charge in [0.15, 0.2) is 0 Å². The summed E-state index contributed by atoms with van der Waals surface area (Å²) < 4.78 is 7.42. The van der Waals surface area contributed by atoms with E-state index >= 15 is 0 Å². The number of ether oxygens (including phenoxy) is 1. The normalized spacial score (nSPS) is 11.0. The van der Waals surface area contributed by atoms with Crippen molar-refractivity contribution in [3.05, 3.63) is 36.0 Å². The SMILES string of the molecule is CCOc1ccc(-c2ccnn2C(C)C)c(CO)c1. The van der Waals surface area contributed by atoms with Crippen LogP contribution >= 0.6 is 0 Å². The summed E-state index contributed by atoms with van der Waals surface area (Å²) in [6, 6.07) is 8.04. The van der Waals surface area contributed by atoms with Gasteiger partial charge in [0.1, 0.15) is 5.75 Å². The monoisotopic (exact) mass is 260 g/mol. The molecule has 2 aromatic rings. The zero-order valence-electron chi connectivity index (χ0n) is 11.6. The van der Waals surface area contributed by atoms with Crippen LogP contribution in [0.4, 0.5) is 0 Å². The third-order valence-electron chi connectivity index (χ3n) is 2.99. The standard InChI is InChI=1S/C15H20N2O2/c1-4-19-13-5-6-14(12(9-13)10-18)15-7-8-16-17(15)11(2)3/h5-9,11,18H,4,10H2,1-3H3. The average molecular weight is 260 g/mol. The first-order chi connectivity index (χ1) is 9.17. The summed E-state index contributed by atoms with van der Waals surface area (Å²) in [5.41, 5.74) is 2.87. The van der Waals surface area contributed by atoms with Crippen LogP contribution in [0.3, 0.4) is 0 Å². The van der Waals surface area contributed by atoms with Gasteiger partial charge in [-0.1, -0.05) is 0 Å². The molecule has 0 aliphatic rings. The topological polar surface area (TPSA) is 47.3 Å². The lowest BCUT2D eigenvalue weighted by molar-refractivity contribution is 0.280. The van der Waals surface area contributed by atoms with Gasteiger partial charge in [0.25, 0.3) is 0 Å². The molecular weight excluding hydrogens is 240 g/mol. The maximum atomic E-state index is 9.55. The van der Waals surface area contributed by atoms with Crippen LogP contribution in [0.15, 0.2) is 30.5 Å². The zero-order chi connectivity index (χ0) is 13.8. The van der Waals surface area contributed by atoms with Gasteiger partial charge in [-0.2, -0.15) is 5.10 Å². The summed E-state index contributed by atoms with van der Waals surface area (Å²) >= 11 is 0. The van der Waals surface area contributed by atoms with Gasteiger partial charge in [-0.25, -0.2) is 0 Å². The highest BCUT2D eigenvalue weighted by Gasteiger charge is 2.12. The van der Waals surface area contributed by atoms with E-state index in [1.54, 1.807) is 6.20 Å².